The Morgan fingerprint density at radius 3 is 2.10 bits per heavy atom. The fourth-order valence-electron chi connectivity index (χ4n) is 5.02. The highest BCUT2D eigenvalue weighted by Gasteiger charge is 2.61. The van der Waals surface area contributed by atoms with E-state index in [1.165, 1.54) is 24.4 Å². The maximum Gasteiger partial charge on any atom is 0.339 e. The molecule has 5 nitrogen and oxygen atoms in total. The Morgan fingerprint density at radius 1 is 1.03 bits per heavy atom. The van der Waals surface area contributed by atoms with Crippen molar-refractivity contribution in [2.45, 2.75) is 44.1 Å². The van der Waals surface area contributed by atoms with Crippen LogP contribution >= 0.6 is 0 Å². The molecule has 0 radical (unpaired) electrons. The lowest BCUT2D eigenvalue weighted by molar-refractivity contribution is -0.142. The van der Waals surface area contributed by atoms with Gasteiger partial charge in [0.25, 0.3) is 0 Å². The van der Waals surface area contributed by atoms with E-state index < -0.39 is 31.3 Å². The van der Waals surface area contributed by atoms with Crippen molar-refractivity contribution in [2.75, 3.05) is 7.11 Å². The minimum atomic E-state index is -2.48. The number of rotatable bonds is 5. The summed E-state index contributed by atoms with van der Waals surface area (Å²) in [7, 11) is -1.14. The van der Waals surface area contributed by atoms with Gasteiger partial charge < -0.3 is 14.2 Å². The lowest BCUT2D eigenvalue weighted by Gasteiger charge is -2.47. The summed E-state index contributed by atoms with van der Waals surface area (Å²) in [5.74, 6) is -0.533. The number of ether oxygens (including phenoxy) is 3. The van der Waals surface area contributed by atoms with Crippen molar-refractivity contribution in [3.8, 4) is 0 Å². The fourth-order valence-corrected chi connectivity index (χ4v) is 9.66. The third-order valence-corrected chi connectivity index (χ3v) is 11.9. The largest absolute Gasteiger partial charge is 0.465 e. The van der Waals surface area contributed by atoms with Gasteiger partial charge in [-0.05, 0) is 12.8 Å². The van der Waals surface area contributed by atoms with E-state index in [2.05, 4.69) is 55.1 Å². The lowest BCUT2D eigenvalue weighted by atomic mass is 10.1. The highest BCUT2D eigenvalue weighted by atomic mass is 28.3. The molecule has 0 saturated carbocycles. The van der Waals surface area contributed by atoms with Crippen molar-refractivity contribution in [1.82, 2.24) is 0 Å². The second-order valence-electron chi connectivity index (χ2n) is 8.10. The molecule has 0 aliphatic carbocycles. The third-order valence-electron chi connectivity index (χ3n) is 6.53. The molecule has 2 atom stereocenters. The van der Waals surface area contributed by atoms with E-state index in [0.29, 0.717) is 24.2 Å². The summed E-state index contributed by atoms with van der Waals surface area (Å²) >= 11 is 0. The summed E-state index contributed by atoms with van der Waals surface area (Å²) in [5, 5.41) is 1.98. The van der Waals surface area contributed by atoms with Gasteiger partial charge in [-0.3, -0.25) is 4.79 Å². The Kier molecular flexibility index (Phi) is 5.38. The van der Waals surface area contributed by atoms with E-state index in [4.69, 9.17) is 14.2 Å². The van der Waals surface area contributed by atoms with Crippen LogP contribution in [0.1, 0.15) is 26.2 Å². The highest BCUT2D eigenvalue weighted by molar-refractivity contribution is 7.03. The van der Waals surface area contributed by atoms with Gasteiger partial charge in [0.15, 0.2) is 0 Å². The van der Waals surface area contributed by atoms with Crippen molar-refractivity contribution in [2.24, 2.45) is 0 Å². The molecule has 156 valence electrons. The molecule has 2 aromatic carbocycles. The normalized spacial score (nSPS) is 23.2. The second kappa shape index (κ2) is 7.85. The smallest absolute Gasteiger partial charge is 0.339 e. The molecule has 6 heteroatoms. The zero-order valence-electron chi connectivity index (χ0n) is 17.5. The molecule has 2 heterocycles. The van der Waals surface area contributed by atoms with E-state index in [1.807, 2.05) is 12.1 Å². The predicted molar refractivity (Wildman–Crippen MR) is 116 cm³/mol. The number of hydrogen-bond donors (Lipinski definition) is 0. The van der Waals surface area contributed by atoms with Crippen LogP contribution in [-0.4, -0.2) is 38.5 Å². The Hall–Kier alpha value is -2.70. The molecule has 2 bridgehead atoms. The summed E-state index contributed by atoms with van der Waals surface area (Å²) in [5.41, 5.74) is 0.346. The van der Waals surface area contributed by atoms with Crippen molar-refractivity contribution in [1.29, 1.82) is 0 Å². The summed E-state index contributed by atoms with van der Waals surface area (Å²) in [6.45, 7) is 3.67. The molecule has 2 aliphatic rings. The van der Waals surface area contributed by atoms with Gasteiger partial charge in [0.2, 0.25) is 0 Å². The second-order valence-corrected chi connectivity index (χ2v) is 12.4. The summed E-state index contributed by atoms with van der Waals surface area (Å²) < 4.78 is 17.3. The van der Waals surface area contributed by atoms with Gasteiger partial charge in [-0.2, -0.15) is 0 Å². The number of hydrogen-bond acceptors (Lipinski definition) is 5. The lowest BCUT2D eigenvalue weighted by Crippen LogP contribution is -2.72. The number of methoxy groups -OCH3 is 1. The molecule has 1 fully saturated rings. The Labute approximate surface area is 177 Å². The highest BCUT2D eigenvalue weighted by Crippen LogP contribution is 2.49. The predicted octanol–water partition coefficient (Wildman–Crippen LogP) is 2.73. The van der Waals surface area contributed by atoms with Crippen LogP contribution in [0.4, 0.5) is 0 Å². The Balaban J connectivity index is 1.90. The van der Waals surface area contributed by atoms with Gasteiger partial charge in [0, 0.05) is 13.3 Å². The molecule has 1 saturated heterocycles. The van der Waals surface area contributed by atoms with Crippen LogP contribution in [0.3, 0.4) is 0 Å². The molecule has 0 spiro atoms. The first-order valence-electron chi connectivity index (χ1n) is 10.2. The van der Waals surface area contributed by atoms with Crippen molar-refractivity contribution < 1.29 is 23.8 Å². The molecular weight excluding hydrogens is 396 g/mol. The van der Waals surface area contributed by atoms with E-state index >= 15 is 0 Å². The minimum absolute atomic E-state index is 0.346. The molecule has 0 aromatic heterocycles. The van der Waals surface area contributed by atoms with Crippen LogP contribution in [0.15, 0.2) is 72.0 Å². The summed E-state index contributed by atoms with van der Waals surface area (Å²) in [6, 6.07) is 20.9. The number of fused-ring (bicyclic) bond motifs is 2. The van der Waals surface area contributed by atoms with Crippen molar-refractivity contribution >= 4 is 30.4 Å². The monoisotopic (exact) mass is 422 g/mol. The van der Waals surface area contributed by atoms with Gasteiger partial charge in [-0.15, -0.1) is 0 Å². The van der Waals surface area contributed by atoms with Gasteiger partial charge in [-0.1, -0.05) is 77.6 Å². The molecule has 2 aliphatic heterocycles. The number of carbonyl (C=O) groups is 2. The zero-order valence-corrected chi connectivity index (χ0v) is 18.5. The van der Waals surface area contributed by atoms with Gasteiger partial charge in [0.05, 0.1) is 18.4 Å². The van der Waals surface area contributed by atoms with Crippen LogP contribution in [0.25, 0.3) is 0 Å². The molecule has 0 amide bonds. The molecule has 4 rings (SSSR count). The number of carbonyl (C=O) groups excluding carboxylic acids is 2. The maximum atomic E-state index is 12.5. The standard InChI is InChI=1S/C24H26O5Si/c1-17(25)28-21-16-24(15-14-20(29-24)22(21)23(26)27-2)30(3,18-10-6-4-7-11-18)19-12-8-5-9-13-19/h4-13,20H,14-16H2,1-3H3/t20-,24-/m1/s1. The van der Waals surface area contributed by atoms with E-state index in [1.54, 1.807) is 0 Å². The first-order chi connectivity index (χ1) is 14.4. The molecular formula is C24H26O5Si. The van der Waals surface area contributed by atoms with Gasteiger partial charge in [0.1, 0.15) is 19.4 Å². The van der Waals surface area contributed by atoms with E-state index in [-0.39, 0.29) is 0 Å². The minimum Gasteiger partial charge on any atom is -0.465 e. The topological polar surface area (TPSA) is 61.8 Å². The average molecular weight is 423 g/mol. The Morgan fingerprint density at radius 2 is 1.60 bits per heavy atom. The molecule has 2 aromatic rings. The zero-order chi connectivity index (χ0) is 21.4. The average Bonchev–Trinajstić information content (AvgIpc) is 3.12. The van der Waals surface area contributed by atoms with Crippen LogP contribution in [-0.2, 0) is 23.8 Å². The molecule has 0 N–H and O–H groups in total. The molecule has 30 heavy (non-hydrogen) atoms. The van der Waals surface area contributed by atoms with E-state index in [0.717, 1.165) is 6.42 Å². The number of esters is 2. The molecule has 0 unspecified atom stereocenters. The quantitative estimate of drug-likeness (QED) is 0.548. The third kappa shape index (κ3) is 3.20. The first-order valence-corrected chi connectivity index (χ1v) is 12.7. The Bertz CT molecular complexity index is 946. The summed E-state index contributed by atoms with van der Waals surface area (Å²) in [6.07, 6.45) is 1.42. The van der Waals surface area contributed by atoms with Crippen molar-refractivity contribution in [3.05, 3.63) is 72.0 Å². The fraction of sp³-hybridized carbons (Fsp3) is 0.333. The van der Waals surface area contributed by atoms with Gasteiger partial charge >= 0.3 is 11.9 Å². The van der Waals surface area contributed by atoms with E-state index in [9.17, 15) is 9.59 Å². The maximum absolute atomic E-state index is 12.5. The van der Waals surface area contributed by atoms with Gasteiger partial charge in [-0.25, -0.2) is 4.79 Å². The first kappa shape index (κ1) is 20.6. The number of benzene rings is 2. The SMILES string of the molecule is COC(=O)C1=C(OC(C)=O)C[C@]2([Si](C)(c3ccccc3)c3ccccc3)CC[C@H]1O2. The summed E-state index contributed by atoms with van der Waals surface area (Å²) in [4.78, 5) is 24.4. The van der Waals surface area contributed by atoms with Crippen LogP contribution in [0.5, 0.6) is 0 Å². The van der Waals surface area contributed by atoms with Crippen LogP contribution in [0.2, 0.25) is 6.55 Å². The van der Waals surface area contributed by atoms with Crippen LogP contribution in [0, 0.1) is 0 Å². The van der Waals surface area contributed by atoms with Crippen LogP contribution < -0.4 is 10.4 Å². The van der Waals surface area contributed by atoms with Crippen molar-refractivity contribution in [3.63, 3.8) is 0 Å².